The highest BCUT2D eigenvalue weighted by Gasteiger charge is 2.33. The lowest BCUT2D eigenvalue weighted by molar-refractivity contribution is -0.140. The van der Waals surface area contributed by atoms with Gasteiger partial charge in [-0.25, -0.2) is 8.42 Å². The smallest absolute Gasteiger partial charge is 0.244 e. The van der Waals surface area contributed by atoms with Crippen molar-refractivity contribution in [3.8, 4) is 11.5 Å². The number of hydrogen-bond donors (Lipinski definition) is 1. The average molecular weight is 580 g/mol. The fourth-order valence-corrected chi connectivity index (χ4v) is 5.58. The minimum absolute atomic E-state index is 0.127. The molecule has 1 atom stereocenters. The van der Waals surface area contributed by atoms with Crippen LogP contribution in [0, 0.1) is 6.92 Å². The van der Waals surface area contributed by atoms with Crippen molar-refractivity contribution >= 4 is 27.5 Å². The van der Waals surface area contributed by atoms with Crippen LogP contribution in [0.5, 0.6) is 11.5 Å². The molecule has 0 fully saturated rings. The molecule has 1 aliphatic heterocycles. The normalized spacial score (nSPS) is 13.4. The van der Waals surface area contributed by atoms with Gasteiger partial charge in [0.25, 0.3) is 0 Å². The largest absolute Gasteiger partial charge is 0.486 e. The summed E-state index contributed by atoms with van der Waals surface area (Å²) in [5.74, 6) is 0.0978. The molecule has 0 saturated heterocycles. The molecule has 3 aromatic rings. The van der Waals surface area contributed by atoms with Crippen LogP contribution in [0.4, 0.5) is 5.69 Å². The summed E-state index contributed by atoms with van der Waals surface area (Å²) < 4.78 is 38.3. The van der Waals surface area contributed by atoms with Crippen LogP contribution < -0.4 is 19.1 Å². The van der Waals surface area contributed by atoms with E-state index in [0.717, 1.165) is 27.3 Å². The standard InChI is InChI=1S/C31H37N3O6S/c1-22(2)32-31(36)27(18-24-10-6-5-7-11-24)33(20-25-12-8-9-23(3)17-25)30(35)21-34(41(4,37)38)26-13-14-28-29(19-26)40-16-15-39-28/h5-14,17,19,22,27H,15-16,18,20-21H2,1-4H3,(H,32,36)/t27-/m0/s1. The Morgan fingerprint density at radius 2 is 1.59 bits per heavy atom. The van der Waals surface area contributed by atoms with E-state index >= 15 is 0 Å². The number of amides is 2. The first-order chi connectivity index (χ1) is 19.5. The zero-order valence-corrected chi connectivity index (χ0v) is 24.7. The molecule has 0 saturated carbocycles. The quantitative estimate of drug-likeness (QED) is 0.372. The van der Waals surface area contributed by atoms with Crippen molar-refractivity contribution < 1.29 is 27.5 Å². The predicted molar refractivity (Wildman–Crippen MR) is 159 cm³/mol. The van der Waals surface area contributed by atoms with Gasteiger partial charge in [0.1, 0.15) is 25.8 Å². The third kappa shape index (κ3) is 8.00. The molecule has 41 heavy (non-hydrogen) atoms. The number of hydrogen-bond acceptors (Lipinski definition) is 6. The number of rotatable bonds is 11. The van der Waals surface area contributed by atoms with Gasteiger partial charge in [-0.15, -0.1) is 0 Å². The maximum Gasteiger partial charge on any atom is 0.244 e. The molecule has 0 spiro atoms. The van der Waals surface area contributed by atoms with E-state index in [0.29, 0.717) is 24.7 Å². The van der Waals surface area contributed by atoms with Crippen LogP contribution in [0.15, 0.2) is 72.8 Å². The van der Waals surface area contributed by atoms with Gasteiger partial charge in [-0.2, -0.15) is 0 Å². The highest BCUT2D eigenvalue weighted by atomic mass is 32.2. The summed E-state index contributed by atoms with van der Waals surface area (Å²) in [6.07, 6.45) is 1.31. The number of carbonyl (C=O) groups is 2. The summed E-state index contributed by atoms with van der Waals surface area (Å²) in [6, 6.07) is 20.9. The van der Waals surface area contributed by atoms with Crippen molar-refractivity contribution in [1.82, 2.24) is 10.2 Å². The van der Waals surface area contributed by atoms with Crippen LogP contribution in [0.3, 0.4) is 0 Å². The van der Waals surface area contributed by atoms with Crippen LogP contribution in [0.2, 0.25) is 0 Å². The zero-order valence-electron chi connectivity index (χ0n) is 23.9. The molecule has 1 aliphatic rings. The molecule has 4 rings (SSSR count). The predicted octanol–water partition coefficient (Wildman–Crippen LogP) is 3.70. The van der Waals surface area contributed by atoms with Gasteiger partial charge >= 0.3 is 0 Å². The number of nitrogens with one attached hydrogen (secondary N) is 1. The highest BCUT2D eigenvalue weighted by molar-refractivity contribution is 7.92. The Morgan fingerprint density at radius 3 is 2.24 bits per heavy atom. The SMILES string of the molecule is Cc1cccc(CN(C(=O)CN(c2ccc3c(c2)OCCO3)S(C)(=O)=O)[C@@H](Cc2ccccc2)C(=O)NC(C)C)c1. The second-order valence-corrected chi connectivity index (χ2v) is 12.4. The van der Waals surface area contributed by atoms with Crippen LogP contribution in [0.25, 0.3) is 0 Å². The minimum atomic E-state index is -3.89. The van der Waals surface area contributed by atoms with Crippen LogP contribution in [0.1, 0.15) is 30.5 Å². The molecule has 10 heteroatoms. The zero-order chi connectivity index (χ0) is 29.6. The van der Waals surface area contributed by atoms with Crippen molar-refractivity contribution in [3.05, 3.63) is 89.5 Å². The van der Waals surface area contributed by atoms with E-state index in [2.05, 4.69) is 5.32 Å². The molecule has 0 aliphatic carbocycles. The number of fused-ring (bicyclic) bond motifs is 1. The molecule has 1 N–H and O–H groups in total. The summed E-state index contributed by atoms with van der Waals surface area (Å²) in [4.78, 5) is 29.2. The Morgan fingerprint density at radius 1 is 0.902 bits per heavy atom. The lowest BCUT2D eigenvalue weighted by atomic mass is 10.0. The minimum Gasteiger partial charge on any atom is -0.486 e. The fraction of sp³-hybridized carbons (Fsp3) is 0.355. The molecule has 2 amide bonds. The summed E-state index contributed by atoms with van der Waals surface area (Å²) >= 11 is 0. The number of benzene rings is 3. The van der Waals surface area contributed by atoms with E-state index in [4.69, 9.17) is 9.47 Å². The second-order valence-electron chi connectivity index (χ2n) is 10.5. The molecule has 218 valence electrons. The Hall–Kier alpha value is -4.05. The summed E-state index contributed by atoms with van der Waals surface area (Å²) in [6.45, 7) is 6.04. The molecule has 3 aromatic carbocycles. The number of ether oxygens (including phenoxy) is 2. The summed E-state index contributed by atoms with van der Waals surface area (Å²) in [7, 11) is -3.89. The number of anilines is 1. The topological polar surface area (TPSA) is 105 Å². The van der Waals surface area contributed by atoms with Gasteiger partial charge < -0.3 is 19.7 Å². The first kappa shape index (κ1) is 29.9. The third-order valence-electron chi connectivity index (χ3n) is 6.63. The molecule has 0 aromatic heterocycles. The van der Waals surface area contributed by atoms with Crippen LogP contribution >= 0.6 is 0 Å². The van der Waals surface area contributed by atoms with Crippen molar-refractivity contribution in [1.29, 1.82) is 0 Å². The van der Waals surface area contributed by atoms with Crippen LogP contribution in [-0.4, -0.2) is 63.2 Å². The van der Waals surface area contributed by atoms with Gasteiger partial charge in [0.05, 0.1) is 11.9 Å². The van der Waals surface area contributed by atoms with Gasteiger partial charge in [-0.3, -0.25) is 13.9 Å². The van der Waals surface area contributed by atoms with Crippen LogP contribution in [-0.2, 0) is 32.6 Å². The van der Waals surface area contributed by atoms with Crippen molar-refractivity contribution in [2.75, 3.05) is 30.3 Å². The molecular formula is C31H37N3O6S. The lowest BCUT2D eigenvalue weighted by Gasteiger charge is -2.34. The average Bonchev–Trinajstić information content (AvgIpc) is 2.93. The first-order valence-corrected chi connectivity index (χ1v) is 15.4. The molecular weight excluding hydrogens is 542 g/mol. The Labute approximate surface area is 242 Å². The molecule has 0 radical (unpaired) electrons. The summed E-state index contributed by atoms with van der Waals surface area (Å²) in [5.41, 5.74) is 2.99. The fourth-order valence-electron chi connectivity index (χ4n) is 4.74. The highest BCUT2D eigenvalue weighted by Crippen LogP contribution is 2.34. The van der Waals surface area contributed by atoms with Gasteiger partial charge in [-0.05, 0) is 44.0 Å². The molecule has 1 heterocycles. The summed E-state index contributed by atoms with van der Waals surface area (Å²) in [5, 5.41) is 2.95. The van der Waals surface area contributed by atoms with Crippen molar-refractivity contribution in [2.45, 2.75) is 45.8 Å². The monoisotopic (exact) mass is 579 g/mol. The van der Waals surface area contributed by atoms with E-state index in [9.17, 15) is 18.0 Å². The van der Waals surface area contributed by atoms with Gasteiger partial charge in [0, 0.05) is 25.1 Å². The van der Waals surface area contributed by atoms with E-state index in [1.807, 2.05) is 75.4 Å². The molecule has 0 unspecified atom stereocenters. The third-order valence-corrected chi connectivity index (χ3v) is 7.77. The number of aryl methyl sites for hydroxylation is 1. The molecule has 9 nitrogen and oxygen atoms in total. The van der Waals surface area contributed by atoms with E-state index < -0.39 is 28.5 Å². The van der Waals surface area contributed by atoms with Gasteiger partial charge in [0.2, 0.25) is 21.8 Å². The van der Waals surface area contributed by atoms with Crippen molar-refractivity contribution in [3.63, 3.8) is 0 Å². The Kier molecular flexibility index (Phi) is 9.54. The van der Waals surface area contributed by atoms with E-state index in [-0.39, 0.29) is 30.6 Å². The maximum absolute atomic E-state index is 14.2. The Balaban J connectivity index is 1.73. The number of sulfonamides is 1. The first-order valence-electron chi connectivity index (χ1n) is 13.6. The number of carbonyl (C=O) groups excluding carboxylic acids is 2. The molecule has 0 bridgehead atoms. The Bertz CT molecular complexity index is 1480. The maximum atomic E-state index is 14.2. The van der Waals surface area contributed by atoms with E-state index in [1.165, 1.54) is 4.90 Å². The van der Waals surface area contributed by atoms with Crippen molar-refractivity contribution in [2.24, 2.45) is 0 Å². The second kappa shape index (κ2) is 13.1. The van der Waals surface area contributed by atoms with Gasteiger partial charge in [-0.1, -0.05) is 60.2 Å². The van der Waals surface area contributed by atoms with E-state index in [1.54, 1.807) is 18.2 Å². The van der Waals surface area contributed by atoms with Gasteiger partial charge in [0.15, 0.2) is 11.5 Å². The lowest BCUT2D eigenvalue weighted by Crippen LogP contribution is -2.54. The number of nitrogens with zero attached hydrogens (tertiary/aromatic N) is 2.